The molecule has 112 valence electrons. The lowest BCUT2D eigenvalue weighted by Crippen LogP contribution is -2.14. The zero-order valence-electron chi connectivity index (χ0n) is 13.0. The topological polar surface area (TPSA) is 57.4 Å². The summed E-state index contributed by atoms with van der Waals surface area (Å²) in [5, 5.41) is 0. The van der Waals surface area contributed by atoms with Crippen molar-refractivity contribution in [1.82, 2.24) is 4.98 Å². The molecular formula is C17H22N2O2. The van der Waals surface area contributed by atoms with Crippen LogP contribution in [0.25, 0.3) is 0 Å². The van der Waals surface area contributed by atoms with Gasteiger partial charge in [-0.2, -0.15) is 0 Å². The molecule has 0 saturated heterocycles. The number of rotatable bonds is 4. The number of methoxy groups -OCH3 is 1. The third kappa shape index (κ3) is 3.88. The maximum atomic E-state index is 5.93. The zero-order valence-corrected chi connectivity index (χ0v) is 13.0. The molecule has 4 nitrogen and oxygen atoms in total. The number of aromatic nitrogens is 1. The molecule has 0 spiro atoms. The van der Waals surface area contributed by atoms with Gasteiger partial charge in [-0.05, 0) is 35.7 Å². The Morgan fingerprint density at radius 1 is 1.14 bits per heavy atom. The number of hydrogen-bond acceptors (Lipinski definition) is 4. The number of pyridine rings is 1. The molecule has 0 aliphatic rings. The second-order valence-electron chi connectivity index (χ2n) is 5.98. The van der Waals surface area contributed by atoms with Crippen molar-refractivity contribution in [2.45, 2.75) is 32.8 Å². The van der Waals surface area contributed by atoms with Crippen LogP contribution in [-0.2, 0) is 12.0 Å². The highest BCUT2D eigenvalue weighted by Gasteiger charge is 2.20. The van der Waals surface area contributed by atoms with Gasteiger partial charge in [0.2, 0.25) is 0 Å². The summed E-state index contributed by atoms with van der Waals surface area (Å²) in [5.41, 5.74) is 8.32. The van der Waals surface area contributed by atoms with Gasteiger partial charge in [0.05, 0.1) is 12.8 Å². The van der Waals surface area contributed by atoms with Gasteiger partial charge in [-0.15, -0.1) is 0 Å². The van der Waals surface area contributed by atoms with Gasteiger partial charge in [-0.3, -0.25) is 4.98 Å². The zero-order chi connectivity index (χ0) is 15.5. The molecule has 0 unspecified atom stereocenters. The maximum Gasteiger partial charge on any atom is 0.130 e. The molecular weight excluding hydrogens is 264 g/mol. The number of nitrogens with two attached hydrogens (primary N) is 1. The van der Waals surface area contributed by atoms with E-state index in [0.29, 0.717) is 12.3 Å². The van der Waals surface area contributed by atoms with Crippen LogP contribution in [0.4, 0.5) is 5.69 Å². The molecule has 0 amide bonds. The van der Waals surface area contributed by atoms with Crippen molar-refractivity contribution in [1.29, 1.82) is 0 Å². The van der Waals surface area contributed by atoms with E-state index in [2.05, 4.69) is 25.8 Å². The molecule has 2 N–H and O–H groups in total. The molecule has 2 aromatic rings. The van der Waals surface area contributed by atoms with E-state index in [0.717, 1.165) is 22.8 Å². The number of hydrogen-bond donors (Lipinski definition) is 1. The van der Waals surface area contributed by atoms with Crippen LogP contribution in [0.2, 0.25) is 0 Å². The first kappa shape index (κ1) is 15.2. The standard InChI is InChI=1S/C17H22N2O2/c1-17(2,3)15-10-14(20-4)5-6-16(15)21-11-13-9-12(18)7-8-19-13/h5-10H,11H2,1-4H3,(H2,18,19). The van der Waals surface area contributed by atoms with E-state index in [1.807, 2.05) is 24.3 Å². The molecule has 4 heteroatoms. The lowest BCUT2D eigenvalue weighted by atomic mass is 9.86. The number of benzene rings is 1. The van der Waals surface area contributed by atoms with Gasteiger partial charge in [-0.1, -0.05) is 20.8 Å². The average Bonchev–Trinajstić information content (AvgIpc) is 2.44. The fourth-order valence-corrected chi connectivity index (χ4v) is 2.08. The second-order valence-corrected chi connectivity index (χ2v) is 5.98. The van der Waals surface area contributed by atoms with Crippen LogP contribution in [0, 0.1) is 0 Å². The van der Waals surface area contributed by atoms with Gasteiger partial charge in [-0.25, -0.2) is 0 Å². The van der Waals surface area contributed by atoms with Gasteiger partial charge in [0, 0.05) is 17.4 Å². The summed E-state index contributed by atoms with van der Waals surface area (Å²) < 4.78 is 11.2. The lowest BCUT2D eigenvalue weighted by Gasteiger charge is -2.23. The summed E-state index contributed by atoms with van der Waals surface area (Å²) >= 11 is 0. The first-order chi connectivity index (χ1) is 9.90. The predicted octanol–water partition coefficient (Wildman–Crippen LogP) is 3.55. The number of ether oxygens (including phenoxy) is 2. The van der Waals surface area contributed by atoms with Gasteiger partial charge >= 0.3 is 0 Å². The summed E-state index contributed by atoms with van der Waals surface area (Å²) in [4.78, 5) is 4.25. The Morgan fingerprint density at radius 3 is 2.52 bits per heavy atom. The first-order valence-electron chi connectivity index (χ1n) is 6.92. The van der Waals surface area contributed by atoms with Crippen LogP contribution in [0.5, 0.6) is 11.5 Å². The highest BCUT2D eigenvalue weighted by Crippen LogP contribution is 2.34. The molecule has 0 bridgehead atoms. The molecule has 1 heterocycles. The van der Waals surface area contributed by atoms with Crippen LogP contribution in [0.1, 0.15) is 32.0 Å². The maximum absolute atomic E-state index is 5.93. The molecule has 2 rings (SSSR count). The molecule has 0 radical (unpaired) electrons. The van der Waals surface area contributed by atoms with Crippen molar-refractivity contribution in [2.24, 2.45) is 0 Å². The SMILES string of the molecule is COc1ccc(OCc2cc(N)ccn2)c(C(C)(C)C)c1. The van der Waals surface area contributed by atoms with E-state index in [1.165, 1.54) is 0 Å². The summed E-state index contributed by atoms with van der Waals surface area (Å²) in [6.07, 6.45) is 1.69. The third-order valence-electron chi connectivity index (χ3n) is 3.21. The monoisotopic (exact) mass is 286 g/mol. The molecule has 0 atom stereocenters. The Hall–Kier alpha value is -2.23. The predicted molar refractivity (Wildman–Crippen MR) is 84.7 cm³/mol. The smallest absolute Gasteiger partial charge is 0.130 e. The van der Waals surface area contributed by atoms with E-state index in [1.54, 1.807) is 19.4 Å². The van der Waals surface area contributed by atoms with Gasteiger partial charge in [0.25, 0.3) is 0 Å². The van der Waals surface area contributed by atoms with Crippen LogP contribution >= 0.6 is 0 Å². The molecule has 0 aliphatic heterocycles. The second kappa shape index (κ2) is 6.04. The molecule has 0 fully saturated rings. The highest BCUT2D eigenvalue weighted by atomic mass is 16.5. The fraction of sp³-hybridized carbons (Fsp3) is 0.353. The number of nitrogen functional groups attached to an aromatic ring is 1. The van der Waals surface area contributed by atoms with Crippen molar-refractivity contribution in [2.75, 3.05) is 12.8 Å². The Bertz CT molecular complexity index is 618. The summed E-state index contributed by atoms with van der Waals surface area (Å²) in [6, 6.07) is 9.43. The Morgan fingerprint density at radius 2 is 1.90 bits per heavy atom. The quantitative estimate of drug-likeness (QED) is 0.933. The molecule has 21 heavy (non-hydrogen) atoms. The first-order valence-corrected chi connectivity index (χ1v) is 6.92. The molecule has 0 aliphatic carbocycles. The van der Waals surface area contributed by atoms with Crippen molar-refractivity contribution in [3.05, 3.63) is 47.8 Å². The molecule has 1 aromatic heterocycles. The van der Waals surface area contributed by atoms with E-state index in [-0.39, 0.29) is 5.41 Å². The van der Waals surface area contributed by atoms with E-state index >= 15 is 0 Å². The third-order valence-corrected chi connectivity index (χ3v) is 3.21. The van der Waals surface area contributed by atoms with Crippen LogP contribution < -0.4 is 15.2 Å². The van der Waals surface area contributed by atoms with Crippen molar-refractivity contribution in [3.8, 4) is 11.5 Å². The van der Waals surface area contributed by atoms with Crippen LogP contribution in [0.3, 0.4) is 0 Å². The van der Waals surface area contributed by atoms with Gasteiger partial charge in [0.15, 0.2) is 0 Å². The minimum absolute atomic E-state index is 0.0347. The number of nitrogens with zero attached hydrogens (tertiary/aromatic N) is 1. The minimum atomic E-state index is -0.0347. The molecule has 0 saturated carbocycles. The van der Waals surface area contributed by atoms with E-state index in [4.69, 9.17) is 15.2 Å². The minimum Gasteiger partial charge on any atom is -0.497 e. The van der Waals surface area contributed by atoms with Crippen LogP contribution in [-0.4, -0.2) is 12.1 Å². The Labute approximate surface area is 125 Å². The van der Waals surface area contributed by atoms with Crippen LogP contribution in [0.15, 0.2) is 36.5 Å². The van der Waals surface area contributed by atoms with Crippen molar-refractivity contribution >= 4 is 5.69 Å². The number of anilines is 1. The highest BCUT2D eigenvalue weighted by molar-refractivity contribution is 5.44. The van der Waals surface area contributed by atoms with Gasteiger partial charge in [0.1, 0.15) is 18.1 Å². The summed E-state index contributed by atoms with van der Waals surface area (Å²) in [5.74, 6) is 1.67. The Balaban J connectivity index is 2.23. The fourth-order valence-electron chi connectivity index (χ4n) is 2.08. The van der Waals surface area contributed by atoms with Crippen molar-refractivity contribution in [3.63, 3.8) is 0 Å². The van der Waals surface area contributed by atoms with E-state index in [9.17, 15) is 0 Å². The summed E-state index contributed by atoms with van der Waals surface area (Å²) in [7, 11) is 1.67. The van der Waals surface area contributed by atoms with Crippen molar-refractivity contribution < 1.29 is 9.47 Å². The Kier molecular flexibility index (Phi) is 4.36. The normalized spacial score (nSPS) is 11.2. The molecule has 1 aromatic carbocycles. The van der Waals surface area contributed by atoms with Gasteiger partial charge < -0.3 is 15.2 Å². The van der Waals surface area contributed by atoms with E-state index < -0.39 is 0 Å². The summed E-state index contributed by atoms with van der Waals surface area (Å²) in [6.45, 7) is 6.83. The lowest BCUT2D eigenvalue weighted by molar-refractivity contribution is 0.292. The largest absolute Gasteiger partial charge is 0.497 e. The average molecular weight is 286 g/mol.